The Balaban J connectivity index is 2.10. The summed E-state index contributed by atoms with van der Waals surface area (Å²) < 4.78 is 0. The van der Waals surface area contributed by atoms with Crippen LogP contribution in [0.5, 0.6) is 0 Å². The molecule has 23 heavy (non-hydrogen) atoms. The molecule has 0 atom stereocenters. The Labute approximate surface area is 137 Å². The summed E-state index contributed by atoms with van der Waals surface area (Å²) in [6, 6.07) is 4.58. The second-order valence-electron chi connectivity index (χ2n) is 5.97. The van der Waals surface area contributed by atoms with E-state index in [1.165, 1.54) is 12.1 Å². The summed E-state index contributed by atoms with van der Waals surface area (Å²) in [5, 5.41) is 13.9. The van der Waals surface area contributed by atoms with Crippen LogP contribution >= 0.6 is 0 Å². The number of carbonyl (C=O) groups is 1. The lowest BCUT2D eigenvalue weighted by Gasteiger charge is -2.20. The number of nitrogens with zero attached hydrogens (tertiary/aromatic N) is 2. The number of rotatable bonds is 8. The first-order valence-corrected chi connectivity index (χ1v) is 8.45. The highest BCUT2D eigenvalue weighted by molar-refractivity contribution is 6.00. The summed E-state index contributed by atoms with van der Waals surface area (Å²) in [7, 11) is 0. The highest BCUT2D eigenvalue weighted by Crippen LogP contribution is 2.28. The number of nitrogens with one attached hydrogen (secondary N) is 1. The van der Waals surface area contributed by atoms with Crippen molar-refractivity contribution in [3.05, 3.63) is 33.9 Å². The molecule has 1 aromatic carbocycles. The molecule has 0 aliphatic carbocycles. The molecule has 2 rings (SSSR count). The van der Waals surface area contributed by atoms with Crippen molar-refractivity contribution in [3.8, 4) is 0 Å². The van der Waals surface area contributed by atoms with Crippen molar-refractivity contribution in [2.45, 2.75) is 45.4 Å². The third-order valence-electron chi connectivity index (χ3n) is 4.20. The van der Waals surface area contributed by atoms with Gasteiger partial charge in [-0.1, -0.05) is 26.2 Å². The maximum atomic E-state index is 12.5. The van der Waals surface area contributed by atoms with Crippen molar-refractivity contribution in [3.63, 3.8) is 0 Å². The van der Waals surface area contributed by atoms with Crippen LogP contribution in [0.25, 0.3) is 0 Å². The zero-order chi connectivity index (χ0) is 16.7. The molecule has 0 unspecified atom stereocenters. The Morgan fingerprint density at radius 1 is 1.26 bits per heavy atom. The van der Waals surface area contributed by atoms with Gasteiger partial charge >= 0.3 is 0 Å². The molecule has 1 N–H and O–H groups in total. The van der Waals surface area contributed by atoms with Crippen molar-refractivity contribution >= 4 is 17.3 Å². The van der Waals surface area contributed by atoms with Crippen molar-refractivity contribution in [1.29, 1.82) is 0 Å². The van der Waals surface area contributed by atoms with Gasteiger partial charge in [-0.2, -0.15) is 0 Å². The highest BCUT2D eigenvalue weighted by Gasteiger charge is 2.22. The molecule has 6 nitrogen and oxygen atoms in total. The number of nitro groups is 1. The van der Waals surface area contributed by atoms with Crippen molar-refractivity contribution in [2.24, 2.45) is 0 Å². The van der Waals surface area contributed by atoms with E-state index in [-0.39, 0.29) is 11.6 Å². The maximum absolute atomic E-state index is 12.5. The summed E-state index contributed by atoms with van der Waals surface area (Å²) in [6.45, 7) is 4.55. The van der Waals surface area contributed by atoms with Gasteiger partial charge in [0.25, 0.3) is 11.6 Å². The molecule has 1 aliphatic heterocycles. The Bertz CT molecular complexity index is 554. The molecular weight excluding hydrogens is 294 g/mol. The molecule has 1 saturated heterocycles. The van der Waals surface area contributed by atoms with Crippen LogP contribution in [-0.4, -0.2) is 30.5 Å². The monoisotopic (exact) mass is 319 g/mol. The zero-order valence-corrected chi connectivity index (χ0v) is 13.7. The fraction of sp³-hybridized carbons (Fsp3) is 0.588. The molecular formula is C17H25N3O3. The number of amides is 1. The average molecular weight is 319 g/mol. The van der Waals surface area contributed by atoms with E-state index in [9.17, 15) is 14.9 Å². The topological polar surface area (TPSA) is 75.5 Å². The molecule has 6 heteroatoms. The van der Waals surface area contributed by atoms with E-state index in [1.807, 2.05) is 0 Å². The summed E-state index contributed by atoms with van der Waals surface area (Å²) >= 11 is 0. The first kappa shape index (κ1) is 17.2. The minimum atomic E-state index is -0.453. The Morgan fingerprint density at radius 2 is 2.00 bits per heavy atom. The van der Waals surface area contributed by atoms with Gasteiger partial charge < -0.3 is 10.2 Å². The second-order valence-corrected chi connectivity index (χ2v) is 5.97. The van der Waals surface area contributed by atoms with Crippen LogP contribution in [0.4, 0.5) is 11.4 Å². The fourth-order valence-corrected chi connectivity index (χ4v) is 2.90. The Morgan fingerprint density at radius 3 is 2.65 bits per heavy atom. The van der Waals surface area contributed by atoms with Gasteiger partial charge in [-0.25, -0.2) is 0 Å². The van der Waals surface area contributed by atoms with Gasteiger partial charge in [0.05, 0.1) is 16.2 Å². The molecule has 1 aliphatic rings. The van der Waals surface area contributed by atoms with E-state index in [2.05, 4.69) is 17.1 Å². The molecule has 0 radical (unpaired) electrons. The van der Waals surface area contributed by atoms with Gasteiger partial charge in [-0.3, -0.25) is 14.9 Å². The van der Waals surface area contributed by atoms with Crippen LogP contribution in [0.15, 0.2) is 18.2 Å². The number of unbranched alkanes of at least 4 members (excludes halogenated alkanes) is 3. The molecule has 0 bridgehead atoms. The molecule has 0 aromatic heterocycles. The average Bonchev–Trinajstić information content (AvgIpc) is 3.08. The molecule has 0 spiro atoms. The van der Waals surface area contributed by atoms with E-state index < -0.39 is 4.92 Å². The van der Waals surface area contributed by atoms with Crippen molar-refractivity contribution in [2.75, 3.05) is 24.5 Å². The number of hydrogen-bond acceptors (Lipinski definition) is 4. The first-order valence-electron chi connectivity index (χ1n) is 8.45. The highest BCUT2D eigenvalue weighted by atomic mass is 16.6. The smallest absolute Gasteiger partial charge is 0.270 e. The quantitative estimate of drug-likeness (QED) is 0.452. The summed E-state index contributed by atoms with van der Waals surface area (Å²) in [6.07, 6.45) is 6.52. The number of hydrogen-bond donors (Lipinski definition) is 1. The predicted octanol–water partition coefficient (Wildman–Crippen LogP) is 3.51. The number of benzene rings is 1. The summed E-state index contributed by atoms with van der Waals surface area (Å²) in [5.74, 6) is -0.216. The third-order valence-corrected chi connectivity index (χ3v) is 4.20. The molecule has 1 amide bonds. The largest absolute Gasteiger partial charge is 0.371 e. The van der Waals surface area contributed by atoms with E-state index >= 15 is 0 Å². The fourth-order valence-electron chi connectivity index (χ4n) is 2.90. The van der Waals surface area contributed by atoms with Crippen molar-refractivity contribution < 1.29 is 9.72 Å². The Hall–Kier alpha value is -2.11. The van der Waals surface area contributed by atoms with E-state index in [0.717, 1.165) is 57.3 Å². The minimum Gasteiger partial charge on any atom is -0.371 e. The number of nitro benzene ring substituents is 1. The lowest BCUT2D eigenvalue weighted by Crippen LogP contribution is -2.28. The van der Waals surface area contributed by atoms with Crippen molar-refractivity contribution in [1.82, 2.24) is 5.32 Å². The van der Waals surface area contributed by atoms with Crippen LogP contribution in [0.1, 0.15) is 55.8 Å². The lowest BCUT2D eigenvalue weighted by atomic mass is 10.1. The Kier molecular flexibility index (Phi) is 6.38. The normalized spacial score (nSPS) is 14.0. The van der Waals surface area contributed by atoms with Crippen LogP contribution in [0.3, 0.4) is 0 Å². The van der Waals surface area contributed by atoms with E-state index in [0.29, 0.717) is 12.1 Å². The molecule has 1 fully saturated rings. The molecule has 126 valence electrons. The molecule has 1 aromatic rings. The molecule has 0 saturated carbocycles. The summed E-state index contributed by atoms with van der Waals surface area (Å²) in [5.41, 5.74) is 1.18. The number of non-ortho nitro benzene ring substituents is 1. The standard InChI is InChI=1S/C17H25N3O3/c1-2-3-4-5-10-18-17(21)15-13-14(20(22)23)8-9-16(15)19-11-6-7-12-19/h8-9,13H,2-7,10-12H2,1H3,(H,18,21). The predicted molar refractivity (Wildman–Crippen MR) is 91.0 cm³/mol. The van der Waals surface area contributed by atoms with E-state index in [4.69, 9.17) is 0 Å². The lowest BCUT2D eigenvalue weighted by molar-refractivity contribution is -0.384. The van der Waals surface area contributed by atoms with Gasteiger partial charge in [0.2, 0.25) is 0 Å². The van der Waals surface area contributed by atoms with E-state index in [1.54, 1.807) is 6.07 Å². The van der Waals surface area contributed by atoms with Gasteiger partial charge in [0, 0.05) is 31.8 Å². The second kappa shape index (κ2) is 8.50. The van der Waals surface area contributed by atoms with Gasteiger partial charge in [-0.05, 0) is 25.3 Å². The van der Waals surface area contributed by atoms with Crippen LogP contribution in [0, 0.1) is 10.1 Å². The third kappa shape index (κ3) is 4.68. The molecule has 1 heterocycles. The number of carbonyl (C=O) groups excluding carboxylic acids is 1. The minimum absolute atomic E-state index is 0.0379. The van der Waals surface area contributed by atoms with Gasteiger partial charge in [0.15, 0.2) is 0 Å². The summed E-state index contributed by atoms with van der Waals surface area (Å²) in [4.78, 5) is 25.2. The van der Waals surface area contributed by atoms with Gasteiger partial charge in [-0.15, -0.1) is 0 Å². The van der Waals surface area contributed by atoms with Gasteiger partial charge in [0.1, 0.15) is 0 Å². The zero-order valence-electron chi connectivity index (χ0n) is 13.7. The van der Waals surface area contributed by atoms with Crippen LogP contribution < -0.4 is 10.2 Å². The maximum Gasteiger partial charge on any atom is 0.270 e. The van der Waals surface area contributed by atoms with Crippen LogP contribution in [0.2, 0.25) is 0 Å². The first-order chi connectivity index (χ1) is 11.1. The SMILES string of the molecule is CCCCCCNC(=O)c1cc([N+](=O)[O-])ccc1N1CCCC1. The number of anilines is 1. The van der Waals surface area contributed by atoms with Crippen LogP contribution in [-0.2, 0) is 0 Å².